The second-order valence-corrected chi connectivity index (χ2v) is 9.87. The van der Waals surface area contributed by atoms with Gasteiger partial charge in [-0.1, -0.05) is 49.1 Å². The Bertz CT molecular complexity index is 933. The lowest BCUT2D eigenvalue weighted by Crippen LogP contribution is -2.48. The normalized spacial score (nSPS) is 19.0. The molecule has 6 heteroatoms. The van der Waals surface area contributed by atoms with E-state index in [1.165, 1.54) is 16.9 Å². The summed E-state index contributed by atoms with van der Waals surface area (Å²) in [5.74, 6) is 0.130. The predicted octanol–water partition coefficient (Wildman–Crippen LogP) is 5.47. The van der Waals surface area contributed by atoms with Gasteiger partial charge in [-0.2, -0.15) is 0 Å². The topological polar surface area (TPSA) is 40.6 Å². The van der Waals surface area contributed by atoms with Gasteiger partial charge in [0.05, 0.1) is 6.04 Å². The Hall–Kier alpha value is -2.11. The highest BCUT2D eigenvalue weighted by Gasteiger charge is 2.34. The lowest BCUT2D eigenvalue weighted by molar-refractivity contribution is -0.144. The molecule has 0 N–H and O–H groups in total. The van der Waals surface area contributed by atoms with Crippen molar-refractivity contribution < 1.29 is 9.59 Å². The number of carbonyl (C=O) groups is 2. The minimum Gasteiger partial charge on any atom is -0.330 e. The van der Waals surface area contributed by atoms with E-state index in [4.69, 9.17) is 11.6 Å². The Labute approximate surface area is 193 Å². The van der Waals surface area contributed by atoms with Gasteiger partial charge in [-0.15, -0.1) is 17.9 Å². The molecule has 1 aliphatic heterocycles. The van der Waals surface area contributed by atoms with Crippen LogP contribution in [-0.4, -0.2) is 41.2 Å². The van der Waals surface area contributed by atoms with Crippen LogP contribution in [0.2, 0.25) is 5.02 Å². The SMILES string of the molecule is C=CCN(CC(=O)N1CCc2sccc2C1c1ccc(Cl)cc1)C(=O)C1CCCCC1. The lowest BCUT2D eigenvalue weighted by Gasteiger charge is -2.38. The molecule has 164 valence electrons. The maximum atomic E-state index is 13.5. The van der Waals surface area contributed by atoms with Crippen LogP contribution in [0, 0.1) is 5.92 Å². The fourth-order valence-corrected chi connectivity index (χ4v) is 5.87. The highest BCUT2D eigenvalue weighted by molar-refractivity contribution is 7.10. The van der Waals surface area contributed by atoms with Gasteiger partial charge in [0.2, 0.25) is 11.8 Å². The number of thiophene rings is 1. The molecule has 0 spiro atoms. The number of amides is 2. The van der Waals surface area contributed by atoms with E-state index in [-0.39, 0.29) is 30.3 Å². The first kappa shape index (κ1) is 22.1. The van der Waals surface area contributed by atoms with Gasteiger partial charge in [0.15, 0.2) is 0 Å². The second kappa shape index (κ2) is 10.0. The molecule has 4 rings (SSSR count). The molecule has 1 aliphatic carbocycles. The van der Waals surface area contributed by atoms with Gasteiger partial charge in [-0.3, -0.25) is 9.59 Å². The molecule has 1 aromatic carbocycles. The summed E-state index contributed by atoms with van der Waals surface area (Å²) in [6, 6.07) is 9.71. The van der Waals surface area contributed by atoms with Crippen molar-refractivity contribution in [2.24, 2.45) is 5.92 Å². The van der Waals surface area contributed by atoms with Crippen molar-refractivity contribution in [1.29, 1.82) is 0 Å². The van der Waals surface area contributed by atoms with Crippen molar-refractivity contribution in [1.82, 2.24) is 9.80 Å². The molecule has 2 aliphatic rings. The van der Waals surface area contributed by atoms with Gasteiger partial charge in [0, 0.05) is 28.9 Å². The summed E-state index contributed by atoms with van der Waals surface area (Å²) in [4.78, 5) is 31.6. The van der Waals surface area contributed by atoms with Crippen LogP contribution >= 0.6 is 22.9 Å². The largest absolute Gasteiger partial charge is 0.330 e. The number of nitrogens with zero attached hydrogens (tertiary/aromatic N) is 2. The number of hydrogen-bond acceptors (Lipinski definition) is 3. The molecule has 0 radical (unpaired) electrons. The van der Waals surface area contributed by atoms with Crippen LogP contribution in [0.3, 0.4) is 0 Å². The van der Waals surface area contributed by atoms with Crippen LogP contribution < -0.4 is 0 Å². The summed E-state index contributed by atoms with van der Waals surface area (Å²) in [6.07, 6.45) is 7.81. The average Bonchev–Trinajstić information content (AvgIpc) is 3.28. The van der Waals surface area contributed by atoms with Crippen LogP contribution in [0.1, 0.15) is 54.1 Å². The maximum Gasteiger partial charge on any atom is 0.243 e. The maximum absolute atomic E-state index is 13.5. The number of hydrogen-bond donors (Lipinski definition) is 0. The van der Waals surface area contributed by atoms with Crippen molar-refractivity contribution >= 4 is 34.8 Å². The molecule has 1 atom stereocenters. The highest BCUT2D eigenvalue weighted by atomic mass is 35.5. The van der Waals surface area contributed by atoms with Gasteiger partial charge in [-0.05, 0) is 54.0 Å². The van der Waals surface area contributed by atoms with E-state index in [9.17, 15) is 9.59 Å². The van der Waals surface area contributed by atoms with E-state index >= 15 is 0 Å². The van der Waals surface area contributed by atoms with Crippen molar-refractivity contribution in [3.05, 3.63) is 69.4 Å². The third-order valence-electron chi connectivity index (χ3n) is 6.41. The molecule has 2 aromatic rings. The molecule has 31 heavy (non-hydrogen) atoms. The Balaban J connectivity index is 1.57. The van der Waals surface area contributed by atoms with E-state index in [1.807, 2.05) is 29.2 Å². The molecule has 4 nitrogen and oxygen atoms in total. The molecule has 1 fully saturated rings. The summed E-state index contributed by atoms with van der Waals surface area (Å²) < 4.78 is 0. The molecule has 1 aromatic heterocycles. The Morgan fingerprint density at radius 1 is 1.16 bits per heavy atom. The second-order valence-electron chi connectivity index (χ2n) is 8.43. The summed E-state index contributed by atoms with van der Waals surface area (Å²) in [5.41, 5.74) is 2.23. The number of carbonyl (C=O) groups excluding carboxylic acids is 2. The molecule has 1 unspecified atom stereocenters. The monoisotopic (exact) mass is 456 g/mol. The quantitative estimate of drug-likeness (QED) is 0.540. The third-order valence-corrected chi connectivity index (χ3v) is 7.66. The molecule has 2 heterocycles. The lowest BCUT2D eigenvalue weighted by atomic mass is 9.88. The molecule has 0 saturated heterocycles. The number of halogens is 1. The third kappa shape index (κ3) is 4.88. The number of benzene rings is 1. The minimum absolute atomic E-state index is 0.0113. The molecule has 2 amide bonds. The van der Waals surface area contributed by atoms with Crippen LogP contribution in [0.15, 0.2) is 48.4 Å². The van der Waals surface area contributed by atoms with Crippen molar-refractivity contribution in [3.63, 3.8) is 0 Å². The zero-order valence-corrected chi connectivity index (χ0v) is 19.3. The summed E-state index contributed by atoms with van der Waals surface area (Å²) >= 11 is 7.85. The summed E-state index contributed by atoms with van der Waals surface area (Å²) in [7, 11) is 0. The van der Waals surface area contributed by atoms with E-state index in [2.05, 4.69) is 18.0 Å². The molecule has 0 bridgehead atoms. The number of fused-ring (bicyclic) bond motifs is 1. The zero-order valence-electron chi connectivity index (χ0n) is 17.8. The highest BCUT2D eigenvalue weighted by Crippen LogP contribution is 2.38. The van der Waals surface area contributed by atoms with Gasteiger partial charge in [0.25, 0.3) is 0 Å². The standard InChI is InChI=1S/C25H29ClN2O2S/c1-2-14-27(25(30)19-6-4-3-5-7-19)17-23(29)28-15-12-22-21(13-16-31-22)24(28)18-8-10-20(26)11-9-18/h2,8-11,13,16,19,24H,1,3-7,12,14-15,17H2. The summed E-state index contributed by atoms with van der Waals surface area (Å²) in [5, 5.41) is 2.77. The van der Waals surface area contributed by atoms with Crippen molar-refractivity contribution in [3.8, 4) is 0 Å². The fraction of sp³-hybridized carbons (Fsp3) is 0.440. The van der Waals surface area contributed by atoms with E-state index < -0.39 is 0 Å². The minimum atomic E-state index is -0.143. The van der Waals surface area contributed by atoms with Gasteiger partial charge in [-0.25, -0.2) is 0 Å². The van der Waals surface area contributed by atoms with Crippen molar-refractivity contribution in [2.75, 3.05) is 19.6 Å². The number of rotatable bonds is 6. The first-order valence-electron chi connectivity index (χ1n) is 11.1. The molecular formula is C25H29ClN2O2S. The predicted molar refractivity (Wildman–Crippen MR) is 126 cm³/mol. The van der Waals surface area contributed by atoms with Crippen LogP contribution in [0.25, 0.3) is 0 Å². The van der Waals surface area contributed by atoms with Crippen LogP contribution in [-0.2, 0) is 16.0 Å². The Morgan fingerprint density at radius 3 is 2.61 bits per heavy atom. The van der Waals surface area contributed by atoms with Crippen LogP contribution in [0.4, 0.5) is 0 Å². The van der Waals surface area contributed by atoms with Gasteiger partial charge >= 0.3 is 0 Å². The summed E-state index contributed by atoms with van der Waals surface area (Å²) in [6.45, 7) is 4.97. The van der Waals surface area contributed by atoms with Crippen molar-refractivity contribution in [2.45, 2.75) is 44.6 Å². The van der Waals surface area contributed by atoms with E-state index in [1.54, 1.807) is 22.3 Å². The average molecular weight is 457 g/mol. The Morgan fingerprint density at radius 2 is 1.90 bits per heavy atom. The smallest absolute Gasteiger partial charge is 0.243 e. The van der Waals surface area contributed by atoms with Gasteiger partial charge < -0.3 is 9.80 Å². The Kier molecular flexibility index (Phi) is 7.13. The fourth-order valence-electron chi connectivity index (χ4n) is 4.84. The van der Waals surface area contributed by atoms with E-state index in [0.717, 1.165) is 37.7 Å². The van der Waals surface area contributed by atoms with Crippen LogP contribution in [0.5, 0.6) is 0 Å². The molecular weight excluding hydrogens is 428 g/mol. The zero-order chi connectivity index (χ0) is 21.8. The van der Waals surface area contributed by atoms with Gasteiger partial charge in [0.1, 0.15) is 6.54 Å². The molecule has 1 saturated carbocycles. The first-order chi connectivity index (χ1) is 15.1. The van der Waals surface area contributed by atoms with E-state index in [0.29, 0.717) is 18.1 Å². The first-order valence-corrected chi connectivity index (χ1v) is 12.3.